The van der Waals surface area contributed by atoms with Crippen molar-refractivity contribution in [3.05, 3.63) is 41.3 Å². The van der Waals surface area contributed by atoms with Gasteiger partial charge in [-0.15, -0.1) is 11.3 Å². The first kappa shape index (κ1) is 19.3. The molecule has 2 rings (SSSR count). The molecule has 0 spiro atoms. The molecule has 0 fully saturated rings. The summed E-state index contributed by atoms with van der Waals surface area (Å²) in [7, 11) is 3.40. The summed E-state index contributed by atoms with van der Waals surface area (Å²) in [5, 5.41) is 6.60. The molecule has 2 N–H and O–H groups in total. The zero-order valence-electron chi connectivity index (χ0n) is 15.2. The summed E-state index contributed by atoms with van der Waals surface area (Å²) in [5.74, 6) is 1.72. The lowest BCUT2D eigenvalue weighted by Gasteiger charge is -2.10. The summed E-state index contributed by atoms with van der Waals surface area (Å²) in [6, 6.07) is 12.4. The molecule has 5 nitrogen and oxygen atoms in total. The maximum Gasteiger partial charge on any atom is 0.191 e. The molecule has 0 unspecified atom stereocenters. The smallest absolute Gasteiger partial charge is 0.191 e. The highest BCUT2D eigenvalue weighted by Gasteiger charge is 2.04. The number of thiophene rings is 1. The molecule has 136 valence electrons. The average Bonchev–Trinajstić information content (AvgIpc) is 3.12. The number of rotatable bonds is 9. The first-order valence-corrected chi connectivity index (χ1v) is 9.32. The Labute approximate surface area is 154 Å². The van der Waals surface area contributed by atoms with E-state index in [2.05, 4.69) is 46.8 Å². The predicted molar refractivity (Wildman–Crippen MR) is 106 cm³/mol. The maximum atomic E-state index is 5.21. The molecular formula is C19H27N3O2S. The molecule has 0 aliphatic heterocycles. The Morgan fingerprint density at radius 1 is 1.08 bits per heavy atom. The molecule has 0 amide bonds. The number of aliphatic imine (C=N–C) groups is 1. The third-order valence-electron chi connectivity index (χ3n) is 3.59. The molecule has 0 saturated heterocycles. The van der Waals surface area contributed by atoms with Gasteiger partial charge < -0.3 is 20.1 Å². The fourth-order valence-corrected chi connectivity index (χ4v) is 3.23. The van der Waals surface area contributed by atoms with Crippen molar-refractivity contribution in [2.75, 3.05) is 33.9 Å². The van der Waals surface area contributed by atoms with E-state index in [0.717, 1.165) is 37.8 Å². The van der Waals surface area contributed by atoms with Crippen molar-refractivity contribution in [2.24, 2.45) is 4.99 Å². The zero-order valence-corrected chi connectivity index (χ0v) is 16.0. The minimum atomic E-state index is 0.667. The van der Waals surface area contributed by atoms with E-state index in [9.17, 15) is 0 Å². The summed E-state index contributed by atoms with van der Waals surface area (Å²) in [6.45, 7) is 5.18. The van der Waals surface area contributed by atoms with Crippen LogP contribution in [0.25, 0.3) is 10.4 Å². The highest BCUT2D eigenvalue weighted by atomic mass is 32.1. The van der Waals surface area contributed by atoms with Crippen LogP contribution in [0, 0.1) is 0 Å². The number of methoxy groups -OCH3 is 2. The Kier molecular flexibility index (Phi) is 8.28. The Hall–Kier alpha value is -2.05. The Bertz CT molecular complexity index is 653. The molecule has 1 aromatic heterocycles. The fourth-order valence-electron chi connectivity index (χ4n) is 2.30. The van der Waals surface area contributed by atoms with Crippen LogP contribution in [-0.2, 0) is 11.3 Å². The number of hydrogen-bond acceptors (Lipinski definition) is 4. The van der Waals surface area contributed by atoms with Crippen LogP contribution in [-0.4, -0.2) is 39.9 Å². The summed E-state index contributed by atoms with van der Waals surface area (Å²) in [5.41, 5.74) is 1.20. The molecule has 1 heterocycles. The monoisotopic (exact) mass is 361 g/mol. The molecular weight excluding hydrogens is 334 g/mol. The van der Waals surface area contributed by atoms with Gasteiger partial charge in [-0.25, -0.2) is 4.99 Å². The van der Waals surface area contributed by atoms with E-state index < -0.39 is 0 Å². The minimum Gasteiger partial charge on any atom is -0.497 e. The van der Waals surface area contributed by atoms with Crippen molar-refractivity contribution in [2.45, 2.75) is 19.9 Å². The highest BCUT2D eigenvalue weighted by molar-refractivity contribution is 7.15. The fraction of sp³-hybridized carbons (Fsp3) is 0.421. The Morgan fingerprint density at radius 3 is 2.56 bits per heavy atom. The van der Waals surface area contributed by atoms with Crippen molar-refractivity contribution in [1.29, 1.82) is 0 Å². The van der Waals surface area contributed by atoms with Gasteiger partial charge in [-0.3, -0.25) is 0 Å². The Morgan fingerprint density at radius 2 is 1.88 bits per heavy atom. The van der Waals surface area contributed by atoms with Crippen molar-refractivity contribution < 1.29 is 9.47 Å². The van der Waals surface area contributed by atoms with E-state index >= 15 is 0 Å². The second kappa shape index (κ2) is 10.7. The number of ether oxygens (including phenoxy) is 2. The third kappa shape index (κ3) is 6.40. The number of guanidine groups is 1. The lowest BCUT2D eigenvalue weighted by atomic mass is 10.2. The molecule has 0 saturated carbocycles. The van der Waals surface area contributed by atoms with Gasteiger partial charge in [-0.2, -0.15) is 0 Å². The molecule has 0 radical (unpaired) electrons. The van der Waals surface area contributed by atoms with Crippen molar-refractivity contribution >= 4 is 17.3 Å². The van der Waals surface area contributed by atoms with E-state index in [1.807, 2.05) is 12.1 Å². The number of nitrogens with zero attached hydrogens (tertiary/aromatic N) is 1. The van der Waals surface area contributed by atoms with Crippen LogP contribution in [0.5, 0.6) is 5.75 Å². The molecule has 0 bridgehead atoms. The summed E-state index contributed by atoms with van der Waals surface area (Å²) < 4.78 is 10.3. The third-order valence-corrected chi connectivity index (χ3v) is 4.71. The molecule has 2 aromatic rings. The van der Waals surface area contributed by atoms with Gasteiger partial charge in [0, 0.05) is 36.6 Å². The van der Waals surface area contributed by atoms with Crippen molar-refractivity contribution in [3.8, 4) is 16.2 Å². The predicted octanol–water partition coefficient (Wildman–Crippen LogP) is 3.52. The molecule has 25 heavy (non-hydrogen) atoms. The van der Waals surface area contributed by atoms with Crippen LogP contribution in [0.15, 0.2) is 41.4 Å². The van der Waals surface area contributed by atoms with Gasteiger partial charge in [-0.05, 0) is 55.3 Å². The molecule has 0 aliphatic rings. The number of nitrogens with one attached hydrogen (secondary N) is 2. The van der Waals surface area contributed by atoms with Gasteiger partial charge in [-0.1, -0.05) is 0 Å². The summed E-state index contributed by atoms with van der Waals surface area (Å²) >= 11 is 1.77. The van der Waals surface area contributed by atoms with Crippen LogP contribution in [0.2, 0.25) is 0 Å². The molecule has 0 aliphatic carbocycles. The van der Waals surface area contributed by atoms with Crippen LogP contribution < -0.4 is 15.4 Å². The maximum absolute atomic E-state index is 5.21. The largest absolute Gasteiger partial charge is 0.497 e. The molecule has 1 aromatic carbocycles. The van der Waals surface area contributed by atoms with Gasteiger partial charge in [0.25, 0.3) is 0 Å². The van der Waals surface area contributed by atoms with Gasteiger partial charge in [0.05, 0.1) is 13.7 Å². The van der Waals surface area contributed by atoms with Crippen LogP contribution in [0.1, 0.15) is 18.2 Å². The summed E-state index contributed by atoms with van der Waals surface area (Å²) in [4.78, 5) is 7.14. The standard InChI is InChI=1S/C19H27N3O2S/c1-4-20-19(21-12-5-13-23-2)22-14-17-10-11-18(25-17)15-6-8-16(24-3)9-7-15/h6-11H,4-5,12-14H2,1-3H3,(H2,20,21,22). The van der Waals surface area contributed by atoms with Gasteiger partial charge in [0.1, 0.15) is 5.75 Å². The second-order valence-corrected chi connectivity index (χ2v) is 6.63. The normalized spacial score (nSPS) is 11.4. The number of benzene rings is 1. The van der Waals surface area contributed by atoms with E-state index in [4.69, 9.17) is 9.47 Å². The highest BCUT2D eigenvalue weighted by Crippen LogP contribution is 2.29. The lowest BCUT2D eigenvalue weighted by molar-refractivity contribution is 0.195. The quantitative estimate of drug-likeness (QED) is 0.408. The van der Waals surface area contributed by atoms with Crippen LogP contribution in [0.4, 0.5) is 0 Å². The van der Waals surface area contributed by atoms with Gasteiger partial charge in [0.15, 0.2) is 5.96 Å². The topological polar surface area (TPSA) is 54.9 Å². The minimum absolute atomic E-state index is 0.667. The second-order valence-electron chi connectivity index (χ2n) is 5.46. The first-order valence-electron chi connectivity index (χ1n) is 8.51. The van der Waals surface area contributed by atoms with Crippen LogP contribution in [0.3, 0.4) is 0 Å². The SMILES string of the molecule is CCNC(=NCc1ccc(-c2ccc(OC)cc2)s1)NCCCOC. The van der Waals surface area contributed by atoms with E-state index in [-0.39, 0.29) is 0 Å². The van der Waals surface area contributed by atoms with Gasteiger partial charge >= 0.3 is 0 Å². The molecule has 0 atom stereocenters. The number of hydrogen-bond donors (Lipinski definition) is 2. The Balaban J connectivity index is 1.95. The first-order chi connectivity index (χ1) is 12.3. The molecule has 6 heteroatoms. The van der Waals surface area contributed by atoms with Crippen molar-refractivity contribution in [3.63, 3.8) is 0 Å². The van der Waals surface area contributed by atoms with Crippen molar-refractivity contribution in [1.82, 2.24) is 10.6 Å². The van der Waals surface area contributed by atoms with E-state index in [1.165, 1.54) is 15.3 Å². The summed E-state index contributed by atoms with van der Waals surface area (Å²) in [6.07, 6.45) is 0.960. The zero-order chi connectivity index (χ0) is 17.9. The van der Waals surface area contributed by atoms with E-state index in [0.29, 0.717) is 6.54 Å². The average molecular weight is 362 g/mol. The van der Waals surface area contributed by atoms with Gasteiger partial charge in [0.2, 0.25) is 0 Å². The van der Waals surface area contributed by atoms with E-state index in [1.54, 1.807) is 25.6 Å². The van der Waals surface area contributed by atoms with Crippen LogP contribution >= 0.6 is 11.3 Å². The lowest BCUT2D eigenvalue weighted by Crippen LogP contribution is -2.38.